The Morgan fingerprint density at radius 2 is 1.64 bits per heavy atom. The van der Waals surface area contributed by atoms with Crippen LogP contribution in [0.25, 0.3) is 0 Å². The van der Waals surface area contributed by atoms with Crippen LogP contribution in [0.4, 0.5) is 4.39 Å². The van der Waals surface area contributed by atoms with Crippen LogP contribution in [0.2, 0.25) is 0 Å². The summed E-state index contributed by atoms with van der Waals surface area (Å²) in [4.78, 5) is 0. The highest BCUT2D eigenvalue weighted by molar-refractivity contribution is 4.71. The molecule has 0 radical (unpaired) electrons. The molecule has 0 heterocycles. The minimum absolute atomic E-state index is 0.472. The van der Waals surface area contributed by atoms with Crippen LogP contribution in [-0.2, 0) is 0 Å². The molecular weight excluding hydrogens is 139 g/mol. The fourth-order valence-corrected chi connectivity index (χ4v) is 0.996. The smallest absolute Gasteiger partial charge is 0.108 e. The maximum absolute atomic E-state index is 13.1. The molecule has 0 bridgehead atoms. The van der Waals surface area contributed by atoms with Gasteiger partial charge in [0, 0.05) is 0 Å². The van der Waals surface area contributed by atoms with E-state index in [9.17, 15) is 4.39 Å². The molecule has 0 saturated heterocycles. The first kappa shape index (κ1) is 13.5. The van der Waals surface area contributed by atoms with Gasteiger partial charge in [-0.3, -0.25) is 0 Å². The Kier molecular flexibility index (Phi) is 8.14. The van der Waals surface area contributed by atoms with E-state index in [4.69, 9.17) is 0 Å². The van der Waals surface area contributed by atoms with Gasteiger partial charge < -0.3 is 0 Å². The molecule has 0 aliphatic heterocycles. The van der Waals surface area contributed by atoms with Gasteiger partial charge in [0.1, 0.15) is 5.67 Å². The van der Waals surface area contributed by atoms with Crippen LogP contribution in [0.15, 0.2) is 0 Å². The normalized spacial score (nSPS) is 15.3. The molecule has 1 unspecified atom stereocenters. The summed E-state index contributed by atoms with van der Waals surface area (Å²) in [5, 5.41) is 0. The highest BCUT2D eigenvalue weighted by atomic mass is 19.1. The lowest BCUT2D eigenvalue weighted by atomic mass is 9.94. The molecule has 70 valence electrons. The fourth-order valence-electron chi connectivity index (χ4n) is 0.996. The van der Waals surface area contributed by atoms with Gasteiger partial charge in [-0.1, -0.05) is 34.6 Å². The molecule has 0 rings (SSSR count). The van der Waals surface area contributed by atoms with Gasteiger partial charge in [0.2, 0.25) is 0 Å². The van der Waals surface area contributed by atoms with E-state index in [1.165, 1.54) is 0 Å². The molecule has 1 atom stereocenters. The van der Waals surface area contributed by atoms with Gasteiger partial charge in [-0.2, -0.15) is 0 Å². The Morgan fingerprint density at radius 1 is 1.27 bits per heavy atom. The Bertz CT molecular complexity index is 74.9. The number of rotatable bonds is 3. The molecule has 0 nitrogen and oxygen atoms in total. The summed E-state index contributed by atoms with van der Waals surface area (Å²) in [5.74, 6) is 0.472. The van der Waals surface area contributed by atoms with E-state index in [-0.39, 0.29) is 0 Å². The SMILES string of the molecule is CC.CCC(C)(F)CC(C)C. The lowest BCUT2D eigenvalue weighted by Crippen LogP contribution is -2.18. The van der Waals surface area contributed by atoms with Crippen molar-refractivity contribution in [2.45, 2.75) is 60.1 Å². The van der Waals surface area contributed by atoms with Crippen LogP contribution in [0.3, 0.4) is 0 Å². The van der Waals surface area contributed by atoms with Crippen LogP contribution in [0.5, 0.6) is 0 Å². The van der Waals surface area contributed by atoms with Crippen LogP contribution in [0.1, 0.15) is 54.4 Å². The topological polar surface area (TPSA) is 0 Å². The van der Waals surface area contributed by atoms with E-state index < -0.39 is 5.67 Å². The molecule has 0 aliphatic carbocycles. The number of halogens is 1. The van der Waals surface area contributed by atoms with Crippen molar-refractivity contribution in [1.82, 2.24) is 0 Å². The van der Waals surface area contributed by atoms with Crippen molar-refractivity contribution in [3.8, 4) is 0 Å². The Morgan fingerprint density at radius 3 is 1.73 bits per heavy atom. The van der Waals surface area contributed by atoms with Crippen molar-refractivity contribution in [2.24, 2.45) is 5.92 Å². The third-order valence-corrected chi connectivity index (χ3v) is 1.57. The minimum atomic E-state index is -0.936. The third-order valence-electron chi connectivity index (χ3n) is 1.57. The largest absolute Gasteiger partial charge is 0.244 e. The van der Waals surface area contributed by atoms with Gasteiger partial charge in [0.05, 0.1) is 0 Å². The molecule has 0 N–H and O–H groups in total. The van der Waals surface area contributed by atoms with Crippen molar-refractivity contribution < 1.29 is 4.39 Å². The second kappa shape index (κ2) is 6.63. The van der Waals surface area contributed by atoms with Gasteiger partial charge in [-0.05, 0) is 25.7 Å². The summed E-state index contributed by atoms with van der Waals surface area (Å²) in [6, 6.07) is 0. The zero-order chi connectivity index (χ0) is 9.49. The Balaban J connectivity index is 0. The molecule has 0 spiro atoms. The van der Waals surface area contributed by atoms with Crippen molar-refractivity contribution in [2.75, 3.05) is 0 Å². The number of hydrogen-bond acceptors (Lipinski definition) is 0. The Labute approximate surface area is 71.2 Å². The summed E-state index contributed by atoms with van der Waals surface area (Å²) in [6.45, 7) is 11.7. The maximum atomic E-state index is 13.1. The zero-order valence-electron chi connectivity index (χ0n) is 8.87. The zero-order valence-corrected chi connectivity index (χ0v) is 8.87. The molecular formula is C10H23F. The summed E-state index contributed by atoms with van der Waals surface area (Å²) < 4.78 is 13.1. The highest BCUT2D eigenvalue weighted by Gasteiger charge is 2.20. The lowest BCUT2D eigenvalue weighted by Gasteiger charge is -2.19. The predicted molar refractivity (Wildman–Crippen MR) is 50.6 cm³/mol. The van der Waals surface area contributed by atoms with E-state index in [0.29, 0.717) is 18.8 Å². The molecule has 0 aromatic rings. The quantitative estimate of drug-likeness (QED) is 0.583. The molecule has 0 fully saturated rings. The third kappa shape index (κ3) is 9.93. The molecule has 0 aromatic heterocycles. The minimum Gasteiger partial charge on any atom is -0.244 e. The summed E-state index contributed by atoms with van der Waals surface area (Å²) in [6.07, 6.45) is 1.31. The number of hydrogen-bond donors (Lipinski definition) is 0. The van der Waals surface area contributed by atoms with Crippen molar-refractivity contribution in [3.05, 3.63) is 0 Å². The van der Waals surface area contributed by atoms with Crippen molar-refractivity contribution >= 4 is 0 Å². The average molecular weight is 162 g/mol. The van der Waals surface area contributed by atoms with Crippen LogP contribution in [-0.4, -0.2) is 5.67 Å². The maximum Gasteiger partial charge on any atom is 0.108 e. The van der Waals surface area contributed by atoms with Gasteiger partial charge in [-0.15, -0.1) is 0 Å². The van der Waals surface area contributed by atoms with E-state index in [0.717, 1.165) is 0 Å². The van der Waals surface area contributed by atoms with E-state index in [2.05, 4.69) is 0 Å². The van der Waals surface area contributed by atoms with Crippen molar-refractivity contribution in [1.29, 1.82) is 0 Å². The van der Waals surface area contributed by atoms with Gasteiger partial charge in [-0.25, -0.2) is 4.39 Å². The van der Waals surface area contributed by atoms with Crippen LogP contribution in [0, 0.1) is 5.92 Å². The van der Waals surface area contributed by atoms with Gasteiger partial charge in [0.25, 0.3) is 0 Å². The van der Waals surface area contributed by atoms with E-state index in [1.807, 2.05) is 34.6 Å². The first-order valence-electron chi connectivity index (χ1n) is 4.67. The first-order valence-corrected chi connectivity index (χ1v) is 4.67. The highest BCUT2D eigenvalue weighted by Crippen LogP contribution is 2.23. The summed E-state index contributed by atoms with van der Waals surface area (Å²) >= 11 is 0. The molecule has 0 saturated carbocycles. The number of alkyl halides is 1. The molecule has 0 amide bonds. The fraction of sp³-hybridized carbons (Fsp3) is 1.00. The van der Waals surface area contributed by atoms with Crippen molar-refractivity contribution in [3.63, 3.8) is 0 Å². The standard InChI is InChI=1S/C8H17F.C2H6/c1-5-8(4,9)6-7(2)3;1-2/h7H,5-6H2,1-4H3;1-2H3. The molecule has 11 heavy (non-hydrogen) atoms. The van der Waals surface area contributed by atoms with E-state index in [1.54, 1.807) is 6.92 Å². The van der Waals surface area contributed by atoms with Gasteiger partial charge in [0.15, 0.2) is 0 Å². The molecule has 0 aromatic carbocycles. The monoisotopic (exact) mass is 162 g/mol. The Hall–Kier alpha value is -0.0700. The summed E-state index contributed by atoms with van der Waals surface area (Å²) in [7, 11) is 0. The van der Waals surface area contributed by atoms with Crippen LogP contribution >= 0.6 is 0 Å². The first-order chi connectivity index (χ1) is 4.98. The summed E-state index contributed by atoms with van der Waals surface area (Å²) in [5.41, 5.74) is -0.936. The lowest BCUT2D eigenvalue weighted by molar-refractivity contribution is 0.148. The predicted octanol–water partition coefficient (Wildman–Crippen LogP) is 4.20. The van der Waals surface area contributed by atoms with Crippen LogP contribution < -0.4 is 0 Å². The second-order valence-corrected chi connectivity index (χ2v) is 3.36. The van der Waals surface area contributed by atoms with Gasteiger partial charge >= 0.3 is 0 Å². The van der Waals surface area contributed by atoms with E-state index >= 15 is 0 Å². The average Bonchev–Trinajstić information content (AvgIpc) is 1.90. The molecule has 0 aliphatic rings. The second-order valence-electron chi connectivity index (χ2n) is 3.36. The molecule has 1 heteroatoms.